The van der Waals surface area contributed by atoms with Crippen molar-refractivity contribution in [1.82, 2.24) is 4.98 Å². The fourth-order valence-corrected chi connectivity index (χ4v) is 2.68. The van der Waals surface area contributed by atoms with Crippen LogP contribution in [0, 0.1) is 0 Å². The van der Waals surface area contributed by atoms with E-state index in [9.17, 15) is 18.0 Å². The molecule has 128 valence electrons. The Morgan fingerprint density at radius 2 is 1.84 bits per heavy atom. The zero-order chi connectivity index (χ0) is 18.2. The average molecular weight is 345 g/mol. The molecule has 3 nitrogen and oxygen atoms in total. The number of fused-ring (bicyclic) bond motifs is 1. The van der Waals surface area contributed by atoms with Crippen LogP contribution in [0.4, 0.5) is 13.2 Å². The Hall–Kier alpha value is -2.89. The van der Waals surface area contributed by atoms with E-state index in [1.54, 1.807) is 30.3 Å². The summed E-state index contributed by atoms with van der Waals surface area (Å²) in [5, 5.41) is 9.78. The van der Waals surface area contributed by atoms with E-state index in [4.69, 9.17) is 5.11 Å². The lowest BCUT2D eigenvalue weighted by molar-refractivity contribution is -0.139. The fraction of sp³-hybridized carbons (Fsp3) is 0.158. The lowest BCUT2D eigenvalue weighted by Gasteiger charge is -2.16. The molecule has 0 spiro atoms. The van der Waals surface area contributed by atoms with E-state index in [1.165, 1.54) is 25.3 Å². The second-order valence-corrected chi connectivity index (χ2v) is 5.78. The van der Waals surface area contributed by atoms with E-state index >= 15 is 0 Å². The molecule has 25 heavy (non-hydrogen) atoms. The highest BCUT2D eigenvalue weighted by Crippen LogP contribution is 2.39. The van der Waals surface area contributed by atoms with Crippen LogP contribution in [-0.4, -0.2) is 16.1 Å². The summed E-state index contributed by atoms with van der Waals surface area (Å²) in [7, 11) is 0. The molecule has 0 saturated carbocycles. The first kappa shape index (κ1) is 17.0. The van der Waals surface area contributed by atoms with Crippen LogP contribution < -0.4 is 0 Å². The van der Waals surface area contributed by atoms with Gasteiger partial charge in [0.1, 0.15) is 0 Å². The van der Waals surface area contributed by atoms with Gasteiger partial charge in [-0.05, 0) is 36.2 Å². The molecular formula is C19H14F3NO2. The van der Waals surface area contributed by atoms with Gasteiger partial charge in [-0.1, -0.05) is 30.3 Å². The highest BCUT2D eigenvalue weighted by atomic mass is 19.4. The predicted octanol–water partition coefficient (Wildman–Crippen LogP) is 5.11. The van der Waals surface area contributed by atoms with Gasteiger partial charge in [-0.2, -0.15) is 13.2 Å². The number of hydrogen-bond donors (Lipinski definition) is 1. The molecule has 0 aliphatic heterocycles. The Morgan fingerprint density at radius 3 is 2.52 bits per heavy atom. The largest absolute Gasteiger partial charge is 0.481 e. The van der Waals surface area contributed by atoms with E-state index in [0.29, 0.717) is 11.1 Å². The van der Waals surface area contributed by atoms with Crippen molar-refractivity contribution in [3.63, 3.8) is 0 Å². The number of alkyl halides is 3. The molecule has 0 aliphatic carbocycles. The molecule has 0 aliphatic rings. The highest BCUT2D eigenvalue weighted by molar-refractivity contribution is 5.84. The maximum absolute atomic E-state index is 13.5. The molecule has 0 amide bonds. The molecule has 1 N–H and O–H groups in total. The van der Waals surface area contributed by atoms with Crippen molar-refractivity contribution in [3.05, 3.63) is 65.9 Å². The lowest BCUT2D eigenvalue weighted by Crippen LogP contribution is -2.12. The topological polar surface area (TPSA) is 50.2 Å². The van der Waals surface area contributed by atoms with Crippen molar-refractivity contribution in [2.45, 2.75) is 19.0 Å². The van der Waals surface area contributed by atoms with Gasteiger partial charge in [0, 0.05) is 17.1 Å². The number of nitrogens with zero attached hydrogens (tertiary/aromatic N) is 1. The van der Waals surface area contributed by atoms with Gasteiger partial charge in [-0.3, -0.25) is 9.78 Å². The van der Waals surface area contributed by atoms with Gasteiger partial charge in [-0.25, -0.2) is 0 Å². The maximum Gasteiger partial charge on any atom is 0.417 e. The van der Waals surface area contributed by atoms with Crippen LogP contribution in [-0.2, 0) is 11.0 Å². The first-order valence-electron chi connectivity index (χ1n) is 7.56. The van der Waals surface area contributed by atoms with Crippen LogP contribution in [0.25, 0.3) is 22.0 Å². The number of para-hydroxylation sites is 1. The van der Waals surface area contributed by atoms with Gasteiger partial charge in [-0.15, -0.1) is 0 Å². The summed E-state index contributed by atoms with van der Waals surface area (Å²) in [5.74, 6) is -2.20. The number of rotatable bonds is 3. The van der Waals surface area contributed by atoms with Gasteiger partial charge in [0.2, 0.25) is 0 Å². The number of hydrogen-bond acceptors (Lipinski definition) is 2. The normalized spacial score (nSPS) is 13.0. The Labute approximate surface area is 141 Å². The van der Waals surface area contributed by atoms with E-state index in [0.717, 1.165) is 11.5 Å². The van der Waals surface area contributed by atoms with Crippen LogP contribution in [0.2, 0.25) is 0 Å². The molecule has 6 heteroatoms. The van der Waals surface area contributed by atoms with Crippen molar-refractivity contribution < 1.29 is 23.1 Å². The highest BCUT2D eigenvalue weighted by Gasteiger charge is 2.34. The Balaban J connectivity index is 2.18. The molecule has 0 saturated heterocycles. The summed E-state index contributed by atoms with van der Waals surface area (Å²) in [6, 6.07) is 12.4. The summed E-state index contributed by atoms with van der Waals surface area (Å²) in [4.78, 5) is 15.3. The van der Waals surface area contributed by atoms with E-state index in [2.05, 4.69) is 4.98 Å². The molecular weight excluding hydrogens is 331 g/mol. The molecule has 1 unspecified atom stereocenters. The van der Waals surface area contributed by atoms with Gasteiger partial charge in [0.15, 0.2) is 0 Å². The van der Waals surface area contributed by atoms with Crippen LogP contribution in [0.1, 0.15) is 24.0 Å². The van der Waals surface area contributed by atoms with Crippen molar-refractivity contribution in [3.8, 4) is 11.1 Å². The molecule has 0 bridgehead atoms. The van der Waals surface area contributed by atoms with E-state index < -0.39 is 23.6 Å². The monoisotopic (exact) mass is 345 g/mol. The number of carboxylic acid groups (broad SMARTS) is 1. The third-order valence-electron chi connectivity index (χ3n) is 4.12. The second-order valence-electron chi connectivity index (χ2n) is 5.78. The van der Waals surface area contributed by atoms with Gasteiger partial charge >= 0.3 is 12.1 Å². The number of benzene rings is 2. The molecule has 0 radical (unpaired) electrons. The number of pyridine rings is 1. The summed E-state index contributed by atoms with van der Waals surface area (Å²) in [6.07, 6.45) is -3.21. The molecule has 1 heterocycles. The molecule has 3 aromatic rings. The fourth-order valence-electron chi connectivity index (χ4n) is 2.68. The summed E-state index contributed by atoms with van der Waals surface area (Å²) < 4.78 is 40.6. The van der Waals surface area contributed by atoms with Crippen molar-refractivity contribution in [2.24, 2.45) is 0 Å². The predicted molar refractivity (Wildman–Crippen MR) is 88.2 cm³/mol. The van der Waals surface area contributed by atoms with Crippen LogP contribution in [0.15, 0.2) is 54.7 Å². The standard InChI is InChI=1S/C19H14F3NO2/c1-11(18(24)25)12-6-7-15(16(9-12)19(20,21)22)14-8-13-4-2-3-5-17(13)23-10-14/h2-11H,1H3,(H,24,25). The third kappa shape index (κ3) is 3.33. The minimum Gasteiger partial charge on any atom is -0.481 e. The zero-order valence-electron chi connectivity index (χ0n) is 13.2. The minimum atomic E-state index is -4.60. The number of carboxylic acids is 1. The zero-order valence-corrected chi connectivity index (χ0v) is 13.2. The Bertz CT molecular complexity index is 951. The number of aromatic nitrogens is 1. The SMILES string of the molecule is CC(C(=O)O)c1ccc(-c2cnc3ccccc3c2)c(C(F)(F)F)c1. The Kier molecular flexibility index (Phi) is 4.20. The molecule has 3 rings (SSSR count). The van der Waals surface area contributed by atoms with Crippen LogP contribution >= 0.6 is 0 Å². The molecule has 0 fully saturated rings. The third-order valence-corrected chi connectivity index (χ3v) is 4.12. The van der Waals surface area contributed by atoms with Crippen molar-refractivity contribution in [2.75, 3.05) is 0 Å². The van der Waals surface area contributed by atoms with Crippen molar-refractivity contribution in [1.29, 1.82) is 0 Å². The molecule has 1 aromatic heterocycles. The maximum atomic E-state index is 13.5. The Morgan fingerprint density at radius 1 is 1.12 bits per heavy atom. The van der Waals surface area contributed by atoms with Gasteiger partial charge in [0.05, 0.1) is 17.0 Å². The summed E-state index contributed by atoms with van der Waals surface area (Å²) >= 11 is 0. The van der Waals surface area contributed by atoms with Crippen molar-refractivity contribution >= 4 is 16.9 Å². The summed E-state index contributed by atoms with van der Waals surface area (Å²) in [5.41, 5.74) is 0.246. The first-order valence-corrected chi connectivity index (χ1v) is 7.56. The van der Waals surface area contributed by atoms with Crippen LogP contribution in [0.5, 0.6) is 0 Å². The number of aliphatic carboxylic acids is 1. The van der Waals surface area contributed by atoms with Gasteiger partial charge < -0.3 is 5.11 Å². The average Bonchev–Trinajstić information content (AvgIpc) is 2.59. The van der Waals surface area contributed by atoms with Crippen LogP contribution in [0.3, 0.4) is 0 Å². The van der Waals surface area contributed by atoms with E-state index in [-0.39, 0.29) is 11.1 Å². The first-order chi connectivity index (χ1) is 11.8. The second kappa shape index (κ2) is 6.20. The molecule has 2 aromatic carbocycles. The summed E-state index contributed by atoms with van der Waals surface area (Å²) in [6.45, 7) is 1.36. The minimum absolute atomic E-state index is 0.0212. The number of halogens is 3. The smallest absolute Gasteiger partial charge is 0.417 e. The number of carbonyl (C=O) groups is 1. The lowest BCUT2D eigenvalue weighted by atomic mass is 9.93. The van der Waals surface area contributed by atoms with Gasteiger partial charge in [0.25, 0.3) is 0 Å². The van der Waals surface area contributed by atoms with E-state index in [1.807, 2.05) is 0 Å². The molecule has 1 atom stereocenters. The quantitative estimate of drug-likeness (QED) is 0.718.